The van der Waals surface area contributed by atoms with Gasteiger partial charge in [0.2, 0.25) is 0 Å². The molecular weight excluding hydrogens is 448 g/mol. The fourth-order valence-electron chi connectivity index (χ4n) is 3.60. The molecule has 3 atom stereocenters. The smallest absolute Gasteiger partial charge is 0.329 e. The molecule has 1 aromatic heterocycles. The van der Waals surface area contributed by atoms with Crippen LogP contribution in [0.2, 0.25) is 0 Å². The van der Waals surface area contributed by atoms with Crippen molar-refractivity contribution in [2.75, 3.05) is 13.7 Å². The zero-order chi connectivity index (χ0) is 25.8. The normalized spacial score (nSPS) is 13.7. The molecule has 35 heavy (non-hydrogen) atoms. The lowest BCUT2D eigenvalue weighted by molar-refractivity contribution is -0.159. The second-order valence-corrected chi connectivity index (χ2v) is 8.96. The van der Waals surface area contributed by atoms with Crippen molar-refractivity contribution in [3.05, 3.63) is 53.9 Å². The van der Waals surface area contributed by atoms with Crippen molar-refractivity contribution in [3.8, 4) is 11.5 Å². The zero-order valence-corrected chi connectivity index (χ0v) is 21.3. The highest BCUT2D eigenvalue weighted by Gasteiger charge is 2.29. The predicted molar refractivity (Wildman–Crippen MR) is 134 cm³/mol. The van der Waals surface area contributed by atoms with E-state index in [-0.39, 0.29) is 23.3 Å². The van der Waals surface area contributed by atoms with E-state index in [1.165, 1.54) is 24.9 Å². The number of aryl methyl sites for hydroxylation is 1. The molecule has 192 valence electrons. The Bertz CT molecular complexity index is 935. The van der Waals surface area contributed by atoms with E-state index >= 15 is 0 Å². The number of hydrogen-bond acceptors (Lipinski definition) is 7. The Balaban J connectivity index is 2.07. The van der Waals surface area contributed by atoms with Crippen molar-refractivity contribution in [2.45, 2.75) is 71.6 Å². The van der Waals surface area contributed by atoms with Crippen LogP contribution in [0.3, 0.4) is 0 Å². The second kappa shape index (κ2) is 14.3. The highest BCUT2D eigenvalue weighted by Crippen LogP contribution is 2.27. The van der Waals surface area contributed by atoms with Crippen LogP contribution >= 0.6 is 0 Å². The molecule has 1 amide bonds. The molecule has 0 bridgehead atoms. The number of nitrogens with one attached hydrogen (secondary N) is 1. The standard InChI is InChI=1S/C27H38N2O6/c1-6-10-21(29-26(31)24-25(30)23(33-5)15-16-28-24)27(32)35-19(4)22(34-17-18(2)3)14-13-20-11-8-7-9-12-20/h7-9,11-12,15-16,18-19,21-22,30H,6,10,13-14,17H2,1-5H3,(H,29,31)/t19-,21-,22+/m0/s1. The van der Waals surface area contributed by atoms with E-state index in [4.69, 9.17) is 14.2 Å². The molecule has 8 nitrogen and oxygen atoms in total. The molecule has 2 rings (SSSR count). The maximum Gasteiger partial charge on any atom is 0.329 e. The van der Waals surface area contributed by atoms with E-state index in [0.29, 0.717) is 31.8 Å². The van der Waals surface area contributed by atoms with E-state index in [9.17, 15) is 14.7 Å². The summed E-state index contributed by atoms with van der Waals surface area (Å²) in [6.45, 7) is 8.41. The van der Waals surface area contributed by atoms with Gasteiger partial charge >= 0.3 is 5.97 Å². The third-order valence-electron chi connectivity index (χ3n) is 5.52. The van der Waals surface area contributed by atoms with Crippen LogP contribution in [-0.2, 0) is 20.7 Å². The molecule has 1 aromatic carbocycles. The first-order valence-electron chi connectivity index (χ1n) is 12.2. The molecule has 0 radical (unpaired) electrons. The van der Waals surface area contributed by atoms with Gasteiger partial charge in [0.15, 0.2) is 17.2 Å². The van der Waals surface area contributed by atoms with E-state index in [1.54, 1.807) is 0 Å². The summed E-state index contributed by atoms with van der Waals surface area (Å²) in [5.74, 6) is -1.15. The molecule has 0 saturated heterocycles. The summed E-state index contributed by atoms with van der Waals surface area (Å²) in [5, 5.41) is 12.9. The van der Waals surface area contributed by atoms with Gasteiger partial charge < -0.3 is 24.6 Å². The molecule has 2 aromatic rings. The van der Waals surface area contributed by atoms with E-state index in [2.05, 4.69) is 36.3 Å². The number of carbonyl (C=O) groups is 2. The lowest BCUT2D eigenvalue weighted by Crippen LogP contribution is -2.44. The maximum atomic E-state index is 13.0. The van der Waals surface area contributed by atoms with Gasteiger partial charge in [-0.15, -0.1) is 0 Å². The maximum absolute atomic E-state index is 13.0. The molecule has 0 spiro atoms. The summed E-state index contributed by atoms with van der Waals surface area (Å²) >= 11 is 0. The number of pyridine rings is 1. The van der Waals surface area contributed by atoms with Gasteiger partial charge in [-0.2, -0.15) is 0 Å². The third kappa shape index (κ3) is 8.87. The molecular formula is C27H38N2O6. The number of nitrogens with zero attached hydrogens (tertiary/aromatic N) is 1. The van der Waals surface area contributed by atoms with Crippen molar-refractivity contribution < 1.29 is 28.9 Å². The number of rotatable bonds is 14. The van der Waals surface area contributed by atoms with Gasteiger partial charge in [-0.25, -0.2) is 9.78 Å². The molecule has 0 unspecified atom stereocenters. The van der Waals surface area contributed by atoms with Crippen LogP contribution in [0.1, 0.15) is 63.0 Å². The average Bonchev–Trinajstić information content (AvgIpc) is 2.84. The molecule has 0 saturated carbocycles. The van der Waals surface area contributed by atoms with Crippen molar-refractivity contribution in [2.24, 2.45) is 5.92 Å². The summed E-state index contributed by atoms with van der Waals surface area (Å²) in [6.07, 6.45) is 3.06. The van der Waals surface area contributed by atoms with Gasteiger partial charge in [-0.3, -0.25) is 4.79 Å². The molecule has 1 heterocycles. The highest BCUT2D eigenvalue weighted by atomic mass is 16.6. The Hall–Kier alpha value is -3.13. The number of benzene rings is 1. The Labute approximate surface area is 208 Å². The Morgan fingerprint density at radius 3 is 2.43 bits per heavy atom. The van der Waals surface area contributed by atoms with Crippen molar-refractivity contribution >= 4 is 11.9 Å². The minimum atomic E-state index is -0.887. The second-order valence-electron chi connectivity index (χ2n) is 8.96. The average molecular weight is 487 g/mol. The van der Waals surface area contributed by atoms with Crippen molar-refractivity contribution in [1.29, 1.82) is 0 Å². The van der Waals surface area contributed by atoms with Crippen LogP contribution in [0.4, 0.5) is 0 Å². The fourth-order valence-corrected chi connectivity index (χ4v) is 3.60. The first-order valence-corrected chi connectivity index (χ1v) is 12.2. The Kier molecular flexibility index (Phi) is 11.5. The largest absolute Gasteiger partial charge is 0.503 e. The number of aromatic nitrogens is 1. The number of aromatic hydroxyl groups is 1. The Morgan fingerprint density at radius 2 is 1.80 bits per heavy atom. The van der Waals surface area contributed by atoms with Gasteiger partial charge in [0.05, 0.1) is 13.2 Å². The lowest BCUT2D eigenvalue weighted by atomic mass is 10.0. The minimum absolute atomic E-state index is 0.122. The number of amides is 1. The molecule has 0 aliphatic heterocycles. The summed E-state index contributed by atoms with van der Waals surface area (Å²) in [5.41, 5.74) is 0.971. The van der Waals surface area contributed by atoms with E-state index in [0.717, 1.165) is 6.42 Å². The highest BCUT2D eigenvalue weighted by molar-refractivity contribution is 5.97. The van der Waals surface area contributed by atoms with Crippen molar-refractivity contribution in [1.82, 2.24) is 10.3 Å². The summed E-state index contributed by atoms with van der Waals surface area (Å²) in [7, 11) is 1.38. The van der Waals surface area contributed by atoms with Gasteiger partial charge in [0, 0.05) is 18.9 Å². The van der Waals surface area contributed by atoms with Crippen LogP contribution in [-0.4, -0.2) is 53.9 Å². The fraction of sp³-hybridized carbons (Fsp3) is 0.519. The summed E-state index contributed by atoms with van der Waals surface area (Å²) in [4.78, 5) is 29.7. The van der Waals surface area contributed by atoms with E-state index < -0.39 is 24.0 Å². The number of carbonyl (C=O) groups excluding carboxylic acids is 2. The first-order chi connectivity index (χ1) is 16.8. The first kappa shape index (κ1) is 28.1. The number of methoxy groups -OCH3 is 1. The van der Waals surface area contributed by atoms with Gasteiger partial charge in [-0.05, 0) is 37.7 Å². The van der Waals surface area contributed by atoms with E-state index in [1.807, 2.05) is 32.0 Å². The molecule has 0 aliphatic carbocycles. The minimum Gasteiger partial charge on any atom is -0.503 e. The molecule has 8 heteroatoms. The number of hydrogen-bond donors (Lipinski definition) is 2. The van der Waals surface area contributed by atoms with Crippen LogP contribution in [0.25, 0.3) is 0 Å². The molecule has 0 aliphatic rings. The monoisotopic (exact) mass is 486 g/mol. The van der Waals surface area contributed by atoms with Gasteiger partial charge in [-0.1, -0.05) is 57.5 Å². The summed E-state index contributed by atoms with van der Waals surface area (Å²) in [6, 6.07) is 10.6. The molecule has 0 fully saturated rings. The van der Waals surface area contributed by atoms with Gasteiger partial charge in [0.25, 0.3) is 5.91 Å². The van der Waals surface area contributed by atoms with Crippen LogP contribution in [0.5, 0.6) is 11.5 Å². The zero-order valence-electron chi connectivity index (χ0n) is 21.3. The van der Waals surface area contributed by atoms with Crippen LogP contribution < -0.4 is 10.1 Å². The van der Waals surface area contributed by atoms with Crippen LogP contribution in [0.15, 0.2) is 42.6 Å². The SMILES string of the molecule is CCC[C@H](NC(=O)c1nccc(OC)c1O)C(=O)O[C@@H](C)[C@@H](CCc1ccccc1)OCC(C)C. The Morgan fingerprint density at radius 1 is 1.09 bits per heavy atom. The number of ether oxygens (including phenoxy) is 3. The topological polar surface area (TPSA) is 107 Å². The molecule has 2 N–H and O–H groups in total. The third-order valence-corrected chi connectivity index (χ3v) is 5.52. The predicted octanol–water partition coefficient (Wildman–Crippen LogP) is 4.30. The number of esters is 1. The lowest BCUT2D eigenvalue weighted by Gasteiger charge is -2.27. The van der Waals surface area contributed by atoms with Crippen molar-refractivity contribution in [3.63, 3.8) is 0 Å². The quantitative estimate of drug-likeness (QED) is 0.383. The summed E-state index contributed by atoms with van der Waals surface area (Å²) < 4.78 is 16.9. The van der Waals surface area contributed by atoms with Crippen LogP contribution in [0, 0.1) is 5.92 Å². The van der Waals surface area contributed by atoms with Gasteiger partial charge in [0.1, 0.15) is 12.1 Å².